The quantitative estimate of drug-likeness (QED) is 0.850. The minimum absolute atomic E-state index is 0.321. The number of benzene rings is 1. The minimum atomic E-state index is 0.321. The molecule has 106 valence electrons. The third kappa shape index (κ3) is 1.87. The summed E-state index contributed by atoms with van der Waals surface area (Å²) in [6, 6.07) is 8.69. The largest absolute Gasteiger partial charge is 0.310 e. The lowest BCUT2D eigenvalue weighted by Crippen LogP contribution is -2.41. The lowest BCUT2D eigenvalue weighted by molar-refractivity contribution is -0.120. The van der Waals surface area contributed by atoms with Gasteiger partial charge in [0.05, 0.1) is 0 Å². The highest BCUT2D eigenvalue weighted by atomic mass is 16.2. The summed E-state index contributed by atoms with van der Waals surface area (Å²) >= 11 is 0. The molecule has 3 aliphatic rings. The first kappa shape index (κ1) is 12.4. The van der Waals surface area contributed by atoms with Gasteiger partial charge in [-0.25, -0.2) is 0 Å². The molecule has 2 saturated carbocycles. The third-order valence-electron chi connectivity index (χ3n) is 5.34. The number of nitrogens with one attached hydrogen (secondary N) is 1. The first-order valence-corrected chi connectivity index (χ1v) is 7.88. The number of carbonyl (C=O) groups excluding carboxylic acids is 1. The molecular weight excluding hydrogens is 248 g/mol. The van der Waals surface area contributed by atoms with Crippen LogP contribution in [0, 0.1) is 17.8 Å². The summed E-state index contributed by atoms with van der Waals surface area (Å²) in [5, 5.41) is 3.50. The molecule has 3 nitrogen and oxygen atoms in total. The maximum Gasteiger partial charge on any atom is 0.230 e. The van der Waals surface area contributed by atoms with Crippen molar-refractivity contribution in [3.8, 4) is 0 Å². The van der Waals surface area contributed by atoms with Crippen LogP contribution >= 0.6 is 0 Å². The molecule has 1 N–H and O–H groups in total. The summed E-state index contributed by atoms with van der Waals surface area (Å²) in [4.78, 5) is 15.0. The highest BCUT2D eigenvalue weighted by Crippen LogP contribution is 2.58. The van der Waals surface area contributed by atoms with Crippen molar-refractivity contribution >= 4 is 11.6 Å². The third-order valence-corrected chi connectivity index (χ3v) is 5.34. The zero-order chi connectivity index (χ0) is 13.7. The molecule has 3 atom stereocenters. The van der Waals surface area contributed by atoms with Crippen LogP contribution in [-0.4, -0.2) is 18.5 Å². The summed E-state index contributed by atoms with van der Waals surface area (Å²) in [6.07, 6.45) is 3.86. The second kappa shape index (κ2) is 4.59. The van der Waals surface area contributed by atoms with E-state index in [1.807, 2.05) is 6.07 Å². The normalized spacial score (nSPS) is 35.1. The lowest BCUT2D eigenvalue weighted by atomic mass is 10.1. The van der Waals surface area contributed by atoms with Gasteiger partial charge in [-0.05, 0) is 43.2 Å². The van der Waals surface area contributed by atoms with Crippen molar-refractivity contribution in [2.75, 3.05) is 11.4 Å². The van der Waals surface area contributed by atoms with Crippen molar-refractivity contribution in [1.82, 2.24) is 5.32 Å². The Kier molecular flexibility index (Phi) is 2.84. The molecule has 1 aliphatic heterocycles. The van der Waals surface area contributed by atoms with Crippen LogP contribution in [0.3, 0.4) is 0 Å². The van der Waals surface area contributed by atoms with Gasteiger partial charge in [0.15, 0.2) is 0 Å². The Morgan fingerprint density at radius 2 is 2.00 bits per heavy atom. The Hall–Kier alpha value is -1.35. The first-order valence-electron chi connectivity index (χ1n) is 7.88. The fourth-order valence-electron chi connectivity index (χ4n) is 4.22. The molecule has 2 aliphatic carbocycles. The van der Waals surface area contributed by atoms with Gasteiger partial charge in [0, 0.05) is 30.7 Å². The van der Waals surface area contributed by atoms with Gasteiger partial charge in [0.2, 0.25) is 5.91 Å². The molecule has 1 aromatic rings. The number of fused-ring (bicyclic) bond motifs is 2. The summed E-state index contributed by atoms with van der Waals surface area (Å²) in [6.45, 7) is 3.82. The molecule has 4 rings (SSSR count). The molecule has 1 amide bonds. The van der Waals surface area contributed by atoms with Crippen LogP contribution in [0.5, 0.6) is 0 Å². The molecule has 3 unspecified atom stereocenters. The maximum absolute atomic E-state index is 12.9. The molecule has 0 spiro atoms. The highest BCUT2D eigenvalue weighted by molar-refractivity contribution is 5.98. The van der Waals surface area contributed by atoms with Gasteiger partial charge in [-0.2, -0.15) is 0 Å². The van der Waals surface area contributed by atoms with E-state index in [2.05, 4.69) is 35.3 Å². The maximum atomic E-state index is 12.9. The van der Waals surface area contributed by atoms with E-state index in [1.165, 1.54) is 24.8 Å². The minimum Gasteiger partial charge on any atom is -0.310 e. The Labute approximate surface area is 120 Å². The molecule has 3 heteroatoms. The molecule has 0 aromatic heterocycles. The van der Waals surface area contributed by atoms with E-state index in [0.29, 0.717) is 29.7 Å². The molecule has 2 fully saturated rings. The number of hydrogen-bond acceptors (Lipinski definition) is 2. The van der Waals surface area contributed by atoms with Gasteiger partial charge in [0.25, 0.3) is 0 Å². The second-order valence-electron chi connectivity index (χ2n) is 6.64. The number of anilines is 1. The Balaban J connectivity index is 1.64. The number of para-hydroxylation sites is 1. The SMILES string of the molecule is CC1CN(C(=O)C2C3CCCC32)c2ccccc2CN1. The van der Waals surface area contributed by atoms with E-state index in [4.69, 9.17) is 0 Å². The van der Waals surface area contributed by atoms with Crippen LogP contribution in [-0.2, 0) is 11.3 Å². The first-order chi connectivity index (χ1) is 9.75. The van der Waals surface area contributed by atoms with Crippen LogP contribution in [0.4, 0.5) is 5.69 Å². The van der Waals surface area contributed by atoms with Crippen molar-refractivity contribution < 1.29 is 4.79 Å². The standard InChI is InChI=1S/C17H22N2O/c1-11-10-19(15-8-3-2-5-12(15)9-18-11)17(20)16-13-6-4-7-14(13)16/h2-3,5,8,11,13-14,16,18H,4,6-7,9-10H2,1H3. The Morgan fingerprint density at radius 1 is 1.25 bits per heavy atom. The number of rotatable bonds is 1. The second-order valence-corrected chi connectivity index (χ2v) is 6.64. The fraction of sp³-hybridized carbons (Fsp3) is 0.588. The van der Waals surface area contributed by atoms with E-state index in [0.717, 1.165) is 18.8 Å². The molecule has 0 bridgehead atoms. The number of nitrogens with zero attached hydrogens (tertiary/aromatic N) is 1. The van der Waals surface area contributed by atoms with Crippen molar-refractivity contribution in [3.63, 3.8) is 0 Å². The van der Waals surface area contributed by atoms with Crippen LogP contribution in [0.15, 0.2) is 24.3 Å². The van der Waals surface area contributed by atoms with Gasteiger partial charge >= 0.3 is 0 Å². The lowest BCUT2D eigenvalue weighted by Gasteiger charge is -2.25. The van der Waals surface area contributed by atoms with Gasteiger partial charge in [-0.15, -0.1) is 0 Å². The molecule has 0 radical (unpaired) electrons. The summed E-state index contributed by atoms with van der Waals surface area (Å²) in [5.74, 6) is 2.09. The average molecular weight is 270 g/mol. The Morgan fingerprint density at radius 3 is 2.80 bits per heavy atom. The predicted molar refractivity (Wildman–Crippen MR) is 79.4 cm³/mol. The highest BCUT2D eigenvalue weighted by Gasteiger charge is 2.57. The van der Waals surface area contributed by atoms with E-state index in [9.17, 15) is 4.79 Å². The molecule has 20 heavy (non-hydrogen) atoms. The predicted octanol–water partition coefficient (Wildman–Crippen LogP) is 2.56. The van der Waals surface area contributed by atoms with Gasteiger partial charge in [-0.3, -0.25) is 4.79 Å². The topological polar surface area (TPSA) is 32.3 Å². The zero-order valence-electron chi connectivity index (χ0n) is 12.0. The zero-order valence-corrected chi connectivity index (χ0v) is 12.0. The molecule has 1 aromatic carbocycles. The monoisotopic (exact) mass is 270 g/mol. The summed E-state index contributed by atoms with van der Waals surface area (Å²) < 4.78 is 0. The van der Waals surface area contributed by atoms with Crippen molar-refractivity contribution in [2.24, 2.45) is 17.8 Å². The Bertz CT molecular complexity index is 532. The van der Waals surface area contributed by atoms with Crippen molar-refractivity contribution in [1.29, 1.82) is 0 Å². The van der Waals surface area contributed by atoms with Crippen LogP contribution in [0.2, 0.25) is 0 Å². The number of carbonyl (C=O) groups is 1. The van der Waals surface area contributed by atoms with Crippen LogP contribution in [0.25, 0.3) is 0 Å². The van der Waals surface area contributed by atoms with E-state index in [1.54, 1.807) is 0 Å². The smallest absolute Gasteiger partial charge is 0.230 e. The van der Waals surface area contributed by atoms with E-state index < -0.39 is 0 Å². The molecule has 1 heterocycles. The molecule has 0 saturated heterocycles. The summed E-state index contributed by atoms with van der Waals surface area (Å²) in [7, 11) is 0. The van der Waals surface area contributed by atoms with Gasteiger partial charge in [-0.1, -0.05) is 24.6 Å². The number of hydrogen-bond donors (Lipinski definition) is 1. The van der Waals surface area contributed by atoms with Gasteiger partial charge < -0.3 is 10.2 Å². The van der Waals surface area contributed by atoms with E-state index in [-0.39, 0.29) is 0 Å². The van der Waals surface area contributed by atoms with Crippen molar-refractivity contribution in [2.45, 2.75) is 38.8 Å². The van der Waals surface area contributed by atoms with Crippen LogP contribution < -0.4 is 10.2 Å². The number of amides is 1. The van der Waals surface area contributed by atoms with E-state index >= 15 is 0 Å². The van der Waals surface area contributed by atoms with Crippen molar-refractivity contribution in [3.05, 3.63) is 29.8 Å². The van der Waals surface area contributed by atoms with Gasteiger partial charge in [0.1, 0.15) is 0 Å². The fourth-order valence-corrected chi connectivity index (χ4v) is 4.22. The molecular formula is C17H22N2O. The average Bonchev–Trinajstić information content (AvgIpc) is 3.01. The summed E-state index contributed by atoms with van der Waals surface area (Å²) in [5.41, 5.74) is 2.37. The van der Waals surface area contributed by atoms with Crippen LogP contribution in [0.1, 0.15) is 31.7 Å².